The van der Waals surface area contributed by atoms with E-state index in [2.05, 4.69) is 0 Å². The number of benzene rings is 2. The Morgan fingerprint density at radius 2 is 1.76 bits per heavy atom. The Bertz CT molecular complexity index is 664. The van der Waals surface area contributed by atoms with Gasteiger partial charge in [-0.3, -0.25) is 4.79 Å². The summed E-state index contributed by atoms with van der Waals surface area (Å²) in [4.78, 5) is 23.5. The van der Waals surface area contributed by atoms with Gasteiger partial charge in [-0.05, 0) is 11.6 Å². The summed E-state index contributed by atoms with van der Waals surface area (Å²) in [5.74, 6) is -0.764. The molecule has 1 unspecified atom stereocenters. The molecule has 2 aromatic rings. The van der Waals surface area contributed by atoms with E-state index in [1.807, 2.05) is 36.4 Å². The Hall–Kier alpha value is -2.62. The van der Waals surface area contributed by atoms with Crippen molar-refractivity contribution >= 4 is 11.9 Å². The standard InChI is InChI=1S/C17H14O4/c18-16(20-11-12-6-2-1-3-7-12)10-15-13-8-4-5-9-14(13)17(19)21-15/h1-9,15H,10-11H2. The van der Waals surface area contributed by atoms with Crippen LogP contribution in [0.5, 0.6) is 0 Å². The largest absolute Gasteiger partial charge is 0.461 e. The highest BCUT2D eigenvalue weighted by molar-refractivity contribution is 5.94. The van der Waals surface area contributed by atoms with Crippen LogP contribution in [0.4, 0.5) is 0 Å². The normalized spacial score (nSPS) is 16.2. The molecule has 0 aromatic heterocycles. The van der Waals surface area contributed by atoms with Gasteiger partial charge in [0, 0.05) is 5.56 Å². The Balaban J connectivity index is 1.60. The summed E-state index contributed by atoms with van der Waals surface area (Å²) in [6.45, 7) is 0.224. The number of fused-ring (bicyclic) bond motifs is 1. The first-order chi connectivity index (χ1) is 10.2. The zero-order chi connectivity index (χ0) is 14.7. The van der Waals surface area contributed by atoms with E-state index in [9.17, 15) is 9.59 Å². The summed E-state index contributed by atoms with van der Waals surface area (Å²) < 4.78 is 10.4. The second kappa shape index (κ2) is 5.79. The second-order valence-electron chi connectivity index (χ2n) is 4.83. The van der Waals surface area contributed by atoms with Gasteiger partial charge in [0.25, 0.3) is 0 Å². The van der Waals surface area contributed by atoms with E-state index in [1.54, 1.807) is 18.2 Å². The van der Waals surface area contributed by atoms with E-state index in [1.165, 1.54) is 0 Å². The summed E-state index contributed by atoms with van der Waals surface area (Å²) in [6.07, 6.45) is -0.507. The van der Waals surface area contributed by atoms with Crippen molar-refractivity contribution in [3.05, 3.63) is 71.3 Å². The zero-order valence-corrected chi connectivity index (χ0v) is 11.3. The second-order valence-corrected chi connectivity index (χ2v) is 4.83. The van der Waals surface area contributed by atoms with E-state index >= 15 is 0 Å². The molecule has 0 bridgehead atoms. The summed E-state index contributed by atoms with van der Waals surface area (Å²) in [5, 5.41) is 0. The van der Waals surface area contributed by atoms with Crippen molar-refractivity contribution in [3.63, 3.8) is 0 Å². The summed E-state index contributed by atoms with van der Waals surface area (Å²) in [5.41, 5.74) is 2.20. The lowest BCUT2D eigenvalue weighted by molar-refractivity contribution is -0.147. The first-order valence-corrected chi connectivity index (χ1v) is 6.73. The van der Waals surface area contributed by atoms with Crippen molar-refractivity contribution < 1.29 is 19.1 Å². The Morgan fingerprint density at radius 1 is 1.05 bits per heavy atom. The van der Waals surface area contributed by atoms with Crippen LogP contribution in [-0.2, 0) is 20.9 Å². The smallest absolute Gasteiger partial charge is 0.339 e. The SMILES string of the molecule is O=C(CC1OC(=O)c2ccccc21)OCc1ccccc1. The molecule has 0 radical (unpaired) electrons. The van der Waals surface area contributed by atoms with Gasteiger partial charge in [0.05, 0.1) is 12.0 Å². The Morgan fingerprint density at radius 3 is 2.57 bits per heavy atom. The molecule has 0 aliphatic carbocycles. The van der Waals surface area contributed by atoms with Gasteiger partial charge in [-0.25, -0.2) is 4.79 Å². The lowest BCUT2D eigenvalue weighted by atomic mass is 10.0. The van der Waals surface area contributed by atoms with Crippen LogP contribution < -0.4 is 0 Å². The van der Waals surface area contributed by atoms with Gasteiger partial charge >= 0.3 is 11.9 Å². The molecule has 1 atom stereocenters. The van der Waals surface area contributed by atoms with E-state index in [-0.39, 0.29) is 25.0 Å². The summed E-state index contributed by atoms with van der Waals surface area (Å²) >= 11 is 0. The molecule has 0 N–H and O–H groups in total. The Labute approximate surface area is 122 Å². The molecule has 0 amide bonds. The highest BCUT2D eigenvalue weighted by Crippen LogP contribution is 2.32. The van der Waals surface area contributed by atoms with Crippen molar-refractivity contribution in [3.8, 4) is 0 Å². The number of hydrogen-bond acceptors (Lipinski definition) is 4. The molecule has 0 saturated carbocycles. The maximum atomic E-state index is 11.9. The lowest BCUT2D eigenvalue weighted by Gasteiger charge is -2.10. The maximum absolute atomic E-state index is 11.9. The average Bonchev–Trinajstić information content (AvgIpc) is 2.83. The molecule has 0 saturated heterocycles. The minimum Gasteiger partial charge on any atom is -0.461 e. The third kappa shape index (κ3) is 2.94. The molecule has 2 aromatic carbocycles. The van der Waals surface area contributed by atoms with Crippen LogP contribution in [-0.4, -0.2) is 11.9 Å². The summed E-state index contributed by atoms with van der Waals surface area (Å²) in [7, 11) is 0. The van der Waals surface area contributed by atoms with E-state index in [0.717, 1.165) is 11.1 Å². The Kier molecular flexibility index (Phi) is 3.69. The summed E-state index contributed by atoms with van der Waals surface area (Å²) in [6, 6.07) is 16.6. The molecular weight excluding hydrogens is 268 g/mol. The number of hydrogen-bond donors (Lipinski definition) is 0. The van der Waals surface area contributed by atoms with Gasteiger partial charge in [-0.1, -0.05) is 48.5 Å². The first-order valence-electron chi connectivity index (χ1n) is 6.73. The van der Waals surface area contributed by atoms with E-state index in [0.29, 0.717) is 5.56 Å². The van der Waals surface area contributed by atoms with Crippen LogP contribution in [0.15, 0.2) is 54.6 Å². The number of carbonyl (C=O) groups is 2. The van der Waals surface area contributed by atoms with Gasteiger partial charge in [-0.2, -0.15) is 0 Å². The molecular formula is C17H14O4. The van der Waals surface area contributed by atoms with E-state index in [4.69, 9.17) is 9.47 Å². The van der Waals surface area contributed by atoms with Crippen molar-refractivity contribution in [2.24, 2.45) is 0 Å². The maximum Gasteiger partial charge on any atom is 0.339 e. The molecule has 0 spiro atoms. The third-order valence-electron chi connectivity index (χ3n) is 3.37. The minimum absolute atomic E-state index is 0.0373. The fourth-order valence-electron chi connectivity index (χ4n) is 2.32. The molecule has 106 valence electrons. The molecule has 0 fully saturated rings. The quantitative estimate of drug-likeness (QED) is 0.809. The molecule has 4 nitrogen and oxygen atoms in total. The van der Waals surface area contributed by atoms with Crippen LogP contribution in [0.1, 0.15) is 34.0 Å². The fourth-order valence-corrected chi connectivity index (χ4v) is 2.32. The number of rotatable bonds is 4. The van der Waals surface area contributed by atoms with Crippen LogP contribution in [0.3, 0.4) is 0 Å². The fraction of sp³-hybridized carbons (Fsp3) is 0.176. The van der Waals surface area contributed by atoms with Gasteiger partial charge < -0.3 is 9.47 Å². The highest BCUT2D eigenvalue weighted by atomic mass is 16.6. The predicted molar refractivity (Wildman–Crippen MR) is 75.5 cm³/mol. The van der Waals surface area contributed by atoms with Crippen LogP contribution in [0, 0.1) is 0 Å². The number of esters is 2. The van der Waals surface area contributed by atoms with Gasteiger partial charge in [0.2, 0.25) is 0 Å². The first kappa shape index (κ1) is 13.4. The molecule has 3 rings (SSSR count). The lowest BCUT2D eigenvalue weighted by Crippen LogP contribution is -2.10. The predicted octanol–water partition coefficient (Wildman–Crippen LogP) is 3.03. The minimum atomic E-state index is -0.544. The average molecular weight is 282 g/mol. The van der Waals surface area contributed by atoms with Crippen molar-refractivity contribution in [1.82, 2.24) is 0 Å². The monoisotopic (exact) mass is 282 g/mol. The zero-order valence-electron chi connectivity index (χ0n) is 11.3. The third-order valence-corrected chi connectivity index (χ3v) is 3.37. The number of ether oxygens (including phenoxy) is 2. The van der Waals surface area contributed by atoms with E-state index < -0.39 is 6.10 Å². The van der Waals surface area contributed by atoms with Gasteiger partial charge in [-0.15, -0.1) is 0 Å². The topological polar surface area (TPSA) is 52.6 Å². The molecule has 1 aliphatic heterocycles. The van der Waals surface area contributed by atoms with Crippen LogP contribution in [0.2, 0.25) is 0 Å². The molecule has 1 aliphatic rings. The molecule has 4 heteroatoms. The molecule has 1 heterocycles. The van der Waals surface area contributed by atoms with Gasteiger partial charge in [0.1, 0.15) is 12.7 Å². The van der Waals surface area contributed by atoms with Crippen molar-refractivity contribution in [1.29, 1.82) is 0 Å². The van der Waals surface area contributed by atoms with Crippen LogP contribution in [0.25, 0.3) is 0 Å². The van der Waals surface area contributed by atoms with Crippen molar-refractivity contribution in [2.75, 3.05) is 0 Å². The number of carbonyl (C=O) groups excluding carboxylic acids is 2. The number of cyclic esters (lactones) is 1. The van der Waals surface area contributed by atoms with Crippen molar-refractivity contribution in [2.45, 2.75) is 19.1 Å². The van der Waals surface area contributed by atoms with Crippen LogP contribution >= 0.6 is 0 Å². The highest BCUT2D eigenvalue weighted by Gasteiger charge is 2.32. The van der Waals surface area contributed by atoms with Gasteiger partial charge in [0.15, 0.2) is 0 Å². The molecule has 21 heavy (non-hydrogen) atoms.